The van der Waals surface area contributed by atoms with Crippen molar-refractivity contribution in [2.45, 2.75) is 25.4 Å². The molecule has 13 heteroatoms. The first kappa shape index (κ1) is 27.5. The highest BCUT2D eigenvalue weighted by atomic mass is 32.2. The number of H-pyrrole nitrogens is 1. The van der Waals surface area contributed by atoms with Crippen LogP contribution < -0.4 is 4.90 Å². The second kappa shape index (κ2) is 11.7. The van der Waals surface area contributed by atoms with Crippen molar-refractivity contribution in [3.63, 3.8) is 0 Å². The lowest BCUT2D eigenvalue weighted by Crippen LogP contribution is -2.47. The maximum absolute atomic E-state index is 12.4. The van der Waals surface area contributed by atoms with E-state index in [0.717, 1.165) is 78.1 Å². The number of fused-ring (bicyclic) bond motifs is 2. The fourth-order valence-corrected chi connectivity index (χ4v) is 8.02. The van der Waals surface area contributed by atoms with Crippen LogP contribution in [0.2, 0.25) is 0 Å². The first-order valence-corrected chi connectivity index (χ1v) is 16.3. The van der Waals surface area contributed by atoms with Crippen molar-refractivity contribution < 1.29 is 17.9 Å². The van der Waals surface area contributed by atoms with E-state index < -0.39 is 10.0 Å². The molecule has 11 nitrogen and oxygen atoms in total. The third kappa shape index (κ3) is 5.71. The van der Waals surface area contributed by atoms with E-state index in [4.69, 9.17) is 19.4 Å². The zero-order chi connectivity index (χ0) is 27.7. The highest BCUT2D eigenvalue weighted by molar-refractivity contribution is 7.88. The van der Waals surface area contributed by atoms with E-state index in [1.807, 2.05) is 24.4 Å². The minimum absolute atomic E-state index is 0.00999. The Labute approximate surface area is 238 Å². The Kier molecular flexibility index (Phi) is 8.02. The van der Waals surface area contributed by atoms with Crippen LogP contribution in [0.25, 0.3) is 32.5 Å². The smallest absolute Gasteiger partial charge is 0.211 e. The van der Waals surface area contributed by atoms with Gasteiger partial charge >= 0.3 is 0 Å². The normalized spacial score (nSPS) is 17.9. The molecule has 4 aromatic rings. The first-order valence-electron chi connectivity index (χ1n) is 13.6. The summed E-state index contributed by atoms with van der Waals surface area (Å²) in [4.78, 5) is 16.1. The molecule has 2 fully saturated rings. The summed E-state index contributed by atoms with van der Waals surface area (Å²) in [7, 11) is -1.68. The lowest BCUT2D eigenvalue weighted by atomic mass is 10.0. The molecule has 6 rings (SSSR count). The van der Waals surface area contributed by atoms with E-state index in [1.165, 1.54) is 11.1 Å². The van der Waals surface area contributed by atoms with Gasteiger partial charge in [-0.2, -0.15) is 9.40 Å². The van der Waals surface area contributed by atoms with Crippen LogP contribution in [-0.4, -0.2) is 110 Å². The highest BCUT2D eigenvalue weighted by Gasteiger charge is 2.30. The Morgan fingerprint density at radius 2 is 1.98 bits per heavy atom. The number of hydrogen-bond donors (Lipinski definition) is 1. The number of likely N-dealkylation sites (tertiary alicyclic amines) is 1. The third-order valence-corrected chi connectivity index (χ3v) is 10.2. The second-order valence-corrected chi connectivity index (χ2v) is 13.5. The van der Waals surface area contributed by atoms with Crippen LogP contribution in [0.1, 0.15) is 17.7 Å². The molecule has 3 aromatic heterocycles. The molecule has 0 unspecified atom stereocenters. The number of nitrogens with one attached hydrogen (secondary N) is 1. The SMILES string of the molecule is COCCN(C1CCN(Cc2cc3nc(-c4cccc5[nH]ncc45)nc(N4CCOCC4)c3s2)CC1)S(C)(=O)=O. The molecule has 0 saturated carbocycles. The number of methoxy groups -OCH3 is 1. The monoisotopic (exact) mass is 585 g/mol. The Morgan fingerprint density at radius 1 is 1.18 bits per heavy atom. The van der Waals surface area contributed by atoms with E-state index in [-0.39, 0.29) is 6.04 Å². The van der Waals surface area contributed by atoms with Crippen LogP contribution in [0.5, 0.6) is 0 Å². The van der Waals surface area contributed by atoms with Gasteiger partial charge in [0.05, 0.1) is 48.0 Å². The molecular formula is C27H35N7O4S2. The van der Waals surface area contributed by atoms with Crippen molar-refractivity contribution in [1.82, 2.24) is 29.4 Å². The number of aromatic amines is 1. The number of morpholine rings is 1. The molecule has 0 spiro atoms. The number of aromatic nitrogens is 4. The Bertz CT molecular complexity index is 1570. The van der Waals surface area contributed by atoms with Gasteiger partial charge in [0.1, 0.15) is 0 Å². The Hall–Kier alpha value is -2.68. The van der Waals surface area contributed by atoms with Gasteiger partial charge in [0.2, 0.25) is 10.0 Å². The molecule has 2 aliphatic heterocycles. The third-order valence-electron chi connectivity index (χ3n) is 7.73. The number of sulfonamides is 1. The number of piperidine rings is 1. The number of nitrogens with zero attached hydrogens (tertiary/aromatic N) is 6. The average molecular weight is 586 g/mol. The summed E-state index contributed by atoms with van der Waals surface area (Å²) in [5.41, 5.74) is 2.87. The topological polar surface area (TPSA) is 117 Å². The predicted octanol–water partition coefficient (Wildman–Crippen LogP) is 2.94. The lowest BCUT2D eigenvalue weighted by Gasteiger charge is -2.37. The maximum Gasteiger partial charge on any atom is 0.211 e. The summed E-state index contributed by atoms with van der Waals surface area (Å²) in [6, 6.07) is 8.26. The number of rotatable bonds is 9. The van der Waals surface area contributed by atoms with Crippen molar-refractivity contribution >= 4 is 48.3 Å². The number of anilines is 1. The molecule has 0 atom stereocenters. The van der Waals surface area contributed by atoms with E-state index in [2.05, 4.69) is 26.1 Å². The molecule has 0 aliphatic carbocycles. The largest absolute Gasteiger partial charge is 0.383 e. The van der Waals surface area contributed by atoms with Gasteiger partial charge in [0.25, 0.3) is 0 Å². The fraction of sp³-hybridized carbons (Fsp3) is 0.519. The van der Waals surface area contributed by atoms with Crippen LogP contribution in [0.15, 0.2) is 30.5 Å². The number of ether oxygens (including phenoxy) is 2. The maximum atomic E-state index is 12.4. The summed E-state index contributed by atoms with van der Waals surface area (Å²) < 4.78 is 38.3. The molecule has 0 amide bonds. The van der Waals surface area contributed by atoms with E-state index in [9.17, 15) is 8.42 Å². The number of hydrogen-bond acceptors (Lipinski definition) is 10. The molecule has 1 N–H and O–H groups in total. The van der Waals surface area contributed by atoms with Gasteiger partial charge in [0.15, 0.2) is 11.6 Å². The molecular weight excluding hydrogens is 550 g/mol. The summed E-state index contributed by atoms with van der Waals surface area (Å²) >= 11 is 1.75. The van der Waals surface area contributed by atoms with E-state index >= 15 is 0 Å². The molecule has 40 heavy (non-hydrogen) atoms. The molecule has 2 saturated heterocycles. The Balaban J connectivity index is 1.26. The summed E-state index contributed by atoms with van der Waals surface area (Å²) in [5.74, 6) is 1.66. The number of thiophene rings is 1. The average Bonchev–Trinajstić information content (AvgIpc) is 3.60. The van der Waals surface area contributed by atoms with Gasteiger partial charge in [0, 0.05) is 68.2 Å². The fourth-order valence-electron chi connectivity index (χ4n) is 5.70. The second-order valence-electron chi connectivity index (χ2n) is 10.4. The van der Waals surface area contributed by atoms with Crippen LogP contribution in [-0.2, 0) is 26.0 Å². The number of benzene rings is 1. The zero-order valence-electron chi connectivity index (χ0n) is 22.9. The molecule has 0 radical (unpaired) electrons. The van der Waals surface area contributed by atoms with Gasteiger partial charge in [-0.25, -0.2) is 18.4 Å². The summed E-state index contributed by atoms with van der Waals surface area (Å²) in [6.07, 6.45) is 4.73. The van der Waals surface area contributed by atoms with Crippen molar-refractivity contribution in [1.29, 1.82) is 0 Å². The summed E-state index contributed by atoms with van der Waals surface area (Å²) in [5, 5.41) is 8.27. The minimum atomic E-state index is -3.28. The van der Waals surface area contributed by atoms with E-state index in [1.54, 1.807) is 22.8 Å². The summed E-state index contributed by atoms with van der Waals surface area (Å²) in [6.45, 7) is 6.23. The van der Waals surface area contributed by atoms with Crippen molar-refractivity contribution in [3.8, 4) is 11.4 Å². The van der Waals surface area contributed by atoms with Crippen molar-refractivity contribution in [3.05, 3.63) is 35.3 Å². The lowest BCUT2D eigenvalue weighted by molar-refractivity contribution is 0.122. The Morgan fingerprint density at radius 3 is 2.73 bits per heavy atom. The van der Waals surface area contributed by atoms with Gasteiger partial charge in [-0.05, 0) is 25.0 Å². The van der Waals surface area contributed by atoms with Gasteiger partial charge < -0.3 is 14.4 Å². The van der Waals surface area contributed by atoms with Gasteiger partial charge in [-0.1, -0.05) is 12.1 Å². The van der Waals surface area contributed by atoms with Gasteiger partial charge in [-0.3, -0.25) is 10.00 Å². The van der Waals surface area contributed by atoms with Crippen molar-refractivity contribution in [2.24, 2.45) is 0 Å². The molecule has 1 aromatic carbocycles. The minimum Gasteiger partial charge on any atom is -0.383 e. The molecule has 0 bridgehead atoms. The van der Waals surface area contributed by atoms with Gasteiger partial charge in [-0.15, -0.1) is 11.3 Å². The molecule has 214 valence electrons. The quantitative estimate of drug-likeness (QED) is 0.316. The molecule has 5 heterocycles. The first-order chi connectivity index (χ1) is 19.4. The van der Waals surface area contributed by atoms with E-state index in [0.29, 0.717) is 32.2 Å². The van der Waals surface area contributed by atoms with Crippen molar-refractivity contribution in [2.75, 3.05) is 70.8 Å². The van der Waals surface area contributed by atoms with Crippen LogP contribution in [0, 0.1) is 0 Å². The zero-order valence-corrected chi connectivity index (χ0v) is 24.5. The van der Waals surface area contributed by atoms with Crippen LogP contribution in [0.3, 0.4) is 0 Å². The predicted molar refractivity (Wildman–Crippen MR) is 157 cm³/mol. The highest BCUT2D eigenvalue weighted by Crippen LogP contribution is 2.36. The van der Waals surface area contributed by atoms with Crippen LogP contribution in [0.4, 0.5) is 5.82 Å². The van der Waals surface area contributed by atoms with Crippen LogP contribution >= 0.6 is 11.3 Å². The standard InChI is InChI=1S/C27H35N7O4S2/c1-37-13-12-34(40(2,35)36)19-6-8-32(9-7-19)18-20-16-24-25(39-20)27(33-10-14-38-15-11-33)30-26(29-24)21-4-3-5-23-22(21)17-28-31-23/h3-5,16-17,19H,6-15,18H2,1-2H3,(H,28,31). The molecule has 2 aliphatic rings.